The first-order chi connectivity index (χ1) is 14.5. The minimum atomic E-state index is 0.00908. The van der Waals surface area contributed by atoms with E-state index in [2.05, 4.69) is 24.1 Å². The molecule has 30 heavy (non-hydrogen) atoms. The lowest BCUT2D eigenvalue weighted by Gasteiger charge is -2.34. The number of benzene rings is 2. The van der Waals surface area contributed by atoms with Crippen LogP contribution in [0.4, 0.5) is 0 Å². The Labute approximate surface area is 179 Å². The maximum absolute atomic E-state index is 13.0. The summed E-state index contributed by atoms with van der Waals surface area (Å²) >= 11 is 0. The number of Topliss-reactive ketones (excluding diaryl/α,β-unsaturated/α-hetero) is 1. The van der Waals surface area contributed by atoms with Gasteiger partial charge in [0.25, 0.3) is 5.91 Å². The molecule has 0 N–H and O–H groups in total. The maximum atomic E-state index is 13.0. The number of amides is 1. The molecule has 3 rings (SSSR count). The zero-order chi connectivity index (χ0) is 21.3. The molecule has 0 aromatic heterocycles. The van der Waals surface area contributed by atoms with Crippen LogP contribution >= 0.6 is 0 Å². The number of rotatable bonds is 9. The molecular weight excluding hydrogens is 376 g/mol. The van der Waals surface area contributed by atoms with Crippen molar-refractivity contribution in [3.05, 3.63) is 65.7 Å². The number of ether oxygens (including phenoxy) is 1. The van der Waals surface area contributed by atoms with Crippen LogP contribution < -0.4 is 4.74 Å². The highest BCUT2D eigenvalue weighted by molar-refractivity contribution is 5.94. The number of piperidine rings is 1. The zero-order valence-electron chi connectivity index (χ0n) is 18.0. The van der Waals surface area contributed by atoms with E-state index in [0.29, 0.717) is 23.8 Å². The van der Waals surface area contributed by atoms with Crippen LogP contribution in [0.3, 0.4) is 0 Å². The van der Waals surface area contributed by atoms with Crippen molar-refractivity contribution in [1.82, 2.24) is 9.80 Å². The Hall–Kier alpha value is -2.66. The fraction of sp³-hybridized carbons (Fsp3) is 0.440. The van der Waals surface area contributed by atoms with Crippen LogP contribution in [0.1, 0.15) is 35.7 Å². The third-order valence-corrected chi connectivity index (χ3v) is 5.69. The summed E-state index contributed by atoms with van der Waals surface area (Å²) in [6.07, 6.45) is 3.18. The fourth-order valence-electron chi connectivity index (χ4n) is 3.98. The highest BCUT2D eigenvalue weighted by atomic mass is 16.5. The third kappa shape index (κ3) is 6.70. The molecular formula is C25H32N2O3. The summed E-state index contributed by atoms with van der Waals surface area (Å²) in [5.41, 5.74) is 1.87. The van der Waals surface area contributed by atoms with Gasteiger partial charge in [-0.25, -0.2) is 0 Å². The van der Waals surface area contributed by atoms with Gasteiger partial charge in [-0.2, -0.15) is 0 Å². The van der Waals surface area contributed by atoms with E-state index in [0.717, 1.165) is 32.5 Å². The first-order valence-corrected chi connectivity index (χ1v) is 10.8. The molecule has 0 saturated carbocycles. The van der Waals surface area contributed by atoms with Crippen LogP contribution in [-0.2, 0) is 11.2 Å². The minimum absolute atomic E-state index is 0.00908. The lowest BCUT2D eigenvalue weighted by Crippen LogP contribution is -2.44. The van der Waals surface area contributed by atoms with Crippen molar-refractivity contribution in [2.24, 2.45) is 5.92 Å². The van der Waals surface area contributed by atoms with Crippen LogP contribution in [0.25, 0.3) is 0 Å². The van der Waals surface area contributed by atoms with Gasteiger partial charge in [0.2, 0.25) is 0 Å². The summed E-state index contributed by atoms with van der Waals surface area (Å²) in [6, 6.07) is 17.2. The number of hydrogen-bond donors (Lipinski definition) is 0. The van der Waals surface area contributed by atoms with Gasteiger partial charge in [-0.05, 0) is 75.5 Å². The molecule has 2 aromatic carbocycles. The largest absolute Gasteiger partial charge is 0.484 e. The molecule has 1 aliphatic heterocycles. The van der Waals surface area contributed by atoms with E-state index < -0.39 is 0 Å². The van der Waals surface area contributed by atoms with Gasteiger partial charge in [0, 0.05) is 25.2 Å². The van der Waals surface area contributed by atoms with E-state index in [4.69, 9.17) is 4.74 Å². The predicted molar refractivity (Wildman–Crippen MR) is 119 cm³/mol. The van der Waals surface area contributed by atoms with Crippen LogP contribution in [0, 0.1) is 5.92 Å². The first kappa shape index (κ1) is 22.0. The molecule has 1 atom stereocenters. The molecule has 0 aliphatic carbocycles. The monoisotopic (exact) mass is 408 g/mol. The van der Waals surface area contributed by atoms with Crippen molar-refractivity contribution in [2.45, 2.75) is 26.2 Å². The summed E-state index contributed by atoms with van der Waals surface area (Å²) in [4.78, 5) is 28.7. The Kier molecular flexibility index (Phi) is 8.03. The Morgan fingerprint density at radius 1 is 1.10 bits per heavy atom. The normalized spacial score (nSPS) is 16.8. The fourth-order valence-corrected chi connectivity index (χ4v) is 3.98. The zero-order valence-corrected chi connectivity index (χ0v) is 18.0. The third-order valence-electron chi connectivity index (χ3n) is 5.69. The van der Waals surface area contributed by atoms with Crippen LogP contribution in [-0.4, -0.2) is 61.3 Å². The van der Waals surface area contributed by atoms with Gasteiger partial charge >= 0.3 is 0 Å². The molecule has 5 nitrogen and oxygen atoms in total. The van der Waals surface area contributed by atoms with E-state index in [9.17, 15) is 9.59 Å². The maximum Gasteiger partial charge on any atom is 0.260 e. The van der Waals surface area contributed by atoms with Gasteiger partial charge in [0.05, 0.1) is 0 Å². The highest BCUT2D eigenvalue weighted by Gasteiger charge is 2.23. The molecule has 0 unspecified atom stereocenters. The molecule has 1 saturated heterocycles. The van der Waals surface area contributed by atoms with Crippen LogP contribution in [0.2, 0.25) is 0 Å². The van der Waals surface area contributed by atoms with E-state index >= 15 is 0 Å². The molecule has 2 aromatic rings. The molecule has 1 amide bonds. The molecule has 1 fully saturated rings. The lowest BCUT2D eigenvalue weighted by molar-refractivity contribution is -0.134. The van der Waals surface area contributed by atoms with Crippen molar-refractivity contribution in [1.29, 1.82) is 0 Å². The van der Waals surface area contributed by atoms with Crippen molar-refractivity contribution in [3.8, 4) is 5.75 Å². The van der Waals surface area contributed by atoms with Gasteiger partial charge in [0.1, 0.15) is 5.75 Å². The summed E-state index contributed by atoms with van der Waals surface area (Å²) in [7, 11) is 2.15. The highest BCUT2D eigenvalue weighted by Crippen LogP contribution is 2.18. The van der Waals surface area contributed by atoms with Gasteiger partial charge in [-0.15, -0.1) is 0 Å². The second kappa shape index (κ2) is 10.9. The number of hydrogen-bond acceptors (Lipinski definition) is 4. The van der Waals surface area contributed by atoms with Gasteiger partial charge in [-0.3, -0.25) is 9.59 Å². The van der Waals surface area contributed by atoms with Gasteiger partial charge in [-0.1, -0.05) is 30.3 Å². The van der Waals surface area contributed by atoms with Crippen LogP contribution in [0.5, 0.6) is 5.75 Å². The number of carbonyl (C=O) groups is 2. The number of carbonyl (C=O) groups excluding carboxylic acids is 2. The molecule has 0 bridgehead atoms. The summed E-state index contributed by atoms with van der Waals surface area (Å²) in [6.45, 7) is 5.16. The Morgan fingerprint density at radius 2 is 1.83 bits per heavy atom. The van der Waals surface area contributed by atoms with Crippen molar-refractivity contribution < 1.29 is 14.3 Å². The predicted octanol–water partition coefficient (Wildman–Crippen LogP) is 3.68. The second-order valence-corrected chi connectivity index (χ2v) is 8.22. The quantitative estimate of drug-likeness (QED) is 0.594. The Morgan fingerprint density at radius 3 is 2.50 bits per heavy atom. The minimum Gasteiger partial charge on any atom is -0.484 e. The van der Waals surface area contributed by atoms with E-state index in [-0.39, 0.29) is 18.3 Å². The average Bonchev–Trinajstić information content (AvgIpc) is 2.76. The molecule has 1 heterocycles. The van der Waals surface area contributed by atoms with E-state index in [1.165, 1.54) is 18.9 Å². The Balaban J connectivity index is 1.60. The summed E-state index contributed by atoms with van der Waals surface area (Å²) < 4.78 is 5.73. The van der Waals surface area contributed by atoms with Crippen molar-refractivity contribution in [3.63, 3.8) is 0 Å². The number of likely N-dealkylation sites (tertiary alicyclic amines) is 1. The summed E-state index contributed by atoms with van der Waals surface area (Å²) in [5.74, 6) is 1.13. The molecule has 160 valence electrons. The van der Waals surface area contributed by atoms with Gasteiger partial charge in [0.15, 0.2) is 12.4 Å². The SMILES string of the molecule is CC(=O)c1ccc(OCC(=O)N(CCc2ccccc2)C[C@H]2CCCN(C)C2)cc1. The van der Waals surface area contributed by atoms with Crippen LogP contribution in [0.15, 0.2) is 54.6 Å². The summed E-state index contributed by atoms with van der Waals surface area (Å²) in [5, 5.41) is 0. The smallest absolute Gasteiger partial charge is 0.260 e. The molecule has 5 heteroatoms. The lowest BCUT2D eigenvalue weighted by atomic mass is 9.97. The van der Waals surface area contributed by atoms with Gasteiger partial charge < -0.3 is 14.5 Å². The molecule has 0 spiro atoms. The van der Waals surface area contributed by atoms with E-state index in [1.54, 1.807) is 24.3 Å². The van der Waals surface area contributed by atoms with Crippen molar-refractivity contribution >= 4 is 11.7 Å². The molecule has 0 radical (unpaired) electrons. The first-order valence-electron chi connectivity index (χ1n) is 10.8. The Bertz CT molecular complexity index is 820. The van der Waals surface area contributed by atoms with Crippen molar-refractivity contribution in [2.75, 3.05) is 39.8 Å². The topological polar surface area (TPSA) is 49.9 Å². The molecule has 1 aliphatic rings. The number of ketones is 1. The average molecular weight is 409 g/mol. The second-order valence-electron chi connectivity index (χ2n) is 8.22. The number of nitrogens with zero attached hydrogens (tertiary/aromatic N) is 2. The van der Waals surface area contributed by atoms with E-state index in [1.807, 2.05) is 23.1 Å². The standard InChI is InChI=1S/C25H32N2O3/c1-20(28)23-10-12-24(13-11-23)30-19-25(29)27(16-14-21-7-4-3-5-8-21)18-22-9-6-15-26(2)17-22/h3-5,7-8,10-13,22H,6,9,14-19H2,1-2H3/t22-/m0/s1.